The van der Waals surface area contributed by atoms with Crippen molar-refractivity contribution in [2.24, 2.45) is 0 Å². The van der Waals surface area contributed by atoms with Gasteiger partial charge in [-0.1, -0.05) is 54.6 Å². The molecule has 0 saturated carbocycles. The molecule has 0 unspecified atom stereocenters. The fraction of sp³-hybridized carbons (Fsp3) is 0. The van der Waals surface area contributed by atoms with Crippen LogP contribution in [0.2, 0.25) is 0 Å². The molecule has 74 valence electrons. The zero-order valence-corrected chi connectivity index (χ0v) is 12.1. The Morgan fingerprint density at radius 3 is 1.88 bits per heavy atom. The molecule has 0 aliphatic heterocycles. The monoisotopic (exact) mass is 236 g/mol. The van der Waals surface area contributed by atoms with Crippen molar-refractivity contribution in [2.45, 2.75) is 0 Å². The molecule has 0 radical (unpaired) electrons. The Morgan fingerprint density at radius 1 is 0.812 bits per heavy atom. The molecule has 0 fully saturated rings. The summed E-state index contributed by atoms with van der Waals surface area (Å²) < 4.78 is 0. The molecule has 0 heterocycles. The number of hydrogen-bond acceptors (Lipinski definition) is 2. The van der Waals surface area contributed by atoms with E-state index in [-0.39, 0.29) is 62.9 Å². The Hall–Kier alpha value is -0.454. The third kappa shape index (κ3) is 3.27. The van der Waals surface area contributed by atoms with Crippen molar-refractivity contribution in [3.63, 3.8) is 0 Å². The van der Waals surface area contributed by atoms with Gasteiger partial charge in [-0.3, -0.25) is 4.79 Å². The van der Waals surface area contributed by atoms with Crippen LogP contribution in [0.4, 0.5) is 0 Å². The largest absolute Gasteiger partial charge is 1.00 e. The van der Waals surface area contributed by atoms with Gasteiger partial charge in [0.05, 0.1) is 0 Å². The Morgan fingerprint density at radius 2 is 1.31 bits per heavy atom. The van der Waals surface area contributed by atoms with Gasteiger partial charge < -0.3 is 5.11 Å². The van der Waals surface area contributed by atoms with Crippen LogP contribution in [0.5, 0.6) is 5.75 Å². The predicted octanol–water partition coefficient (Wildman–Crippen LogP) is -1.00. The molecule has 16 heavy (non-hydrogen) atoms. The molecule has 2 nitrogen and oxygen atoms in total. The van der Waals surface area contributed by atoms with Crippen molar-refractivity contribution in [2.75, 3.05) is 0 Å². The Labute approximate surface area is 137 Å². The van der Waals surface area contributed by atoms with Crippen LogP contribution >= 0.6 is 0 Å². The minimum absolute atomic E-state index is 0. The van der Waals surface area contributed by atoms with Gasteiger partial charge in [-0.2, -0.15) is 0 Å². The molecular formula is C13H9KO2. The maximum absolute atomic E-state index is 11.9. The number of carbonyl (C=O) groups excluding carboxylic acids is 1. The number of ketones is 1. The van der Waals surface area contributed by atoms with Crippen molar-refractivity contribution in [1.29, 1.82) is 0 Å². The van der Waals surface area contributed by atoms with Crippen LogP contribution in [0.15, 0.2) is 54.6 Å². The number of benzene rings is 2. The summed E-state index contributed by atoms with van der Waals surface area (Å²) in [5.74, 6) is -0.143. The van der Waals surface area contributed by atoms with E-state index in [1.165, 1.54) is 12.1 Å². The second-order valence-corrected chi connectivity index (χ2v) is 3.22. The van der Waals surface area contributed by atoms with Crippen molar-refractivity contribution < 1.29 is 61.3 Å². The molecule has 0 aliphatic carbocycles. The first kappa shape index (κ1) is 13.6. The van der Waals surface area contributed by atoms with Crippen LogP contribution in [0.3, 0.4) is 0 Å². The van der Waals surface area contributed by atoms with Gasteiger partial charge in [-0.05, 0) is 0 Å². The van der Waals surface area contributed by atoms with Crippen molar-refractivity contribution >= 4 is 5.78 Å². The van der Waals surface area contributed by atoms with E-state index in [0.717, 1.165) is 0 Å². The summed E-state index contributed by atoms with van der Waals surface area (Å²) in [5, 5.41) is 10.9. The molecule has 0 atom stereocenters. The third-order valence-corrected chi connectivity index (χ3v) is 2.15. The van der Waals surface area contributed by atoms with E-state index < -0.39 is 0 Å². The summed E-state index contributed by atoms with van der Waals surface area (Å²) in [7, 11) is 0. The van der Waals surface area contributed by atoms with E-state index >= 15 is 0 Å². The van der Waals surface area contributed by atoms with Crippen LogP contribution in [-0.4, -0.2) is 5.78 Å². The van der Waals surface area contributed by atoms with Gasteiger partial charge >= 0.3 is 51.4 Å². The molecule has 0 amide bonds. The molecule has 0 bridgehead atoms. The zero-order valence-electron chi connectivity index (χ0n) is 9.01. The van der Waals surface area contributed by atoms with Gasteiger partial charge in [0.25, 0.3) is 0 Å². The molecule has 2 aromatic rings. The fourth-order valence-electron chi connectivity index (χ4n) is 1.36. The van der Waals surface area contributed by atoms with E-state index in [9.17, 15) is 9.90 Å². The summed E-state index contributed by atoms with van der Waals surface area (Å²) in [6.45, 7) is 0. The molecule has 0 aliphatic rings. The Bertz CT molecular complexity index is 463. The van der Waals surface area contributed by atoms with Gasteiger partial charge in [0, 0.05) is 11.1 Å². The second-order valence-electron chi connectivity index (χ2n) is 3.22. The summed E-state index contributed by atoms with van der Waals surface area (Å²) in [5.41, 5.74) is 1.18. The summed E-state index contributed by atoms with van der Waals surface area (Å²) in [6, 6.07) is 14.9. The van der Waals surface area contributed by atoms with E-state index in [2.05, 4.69) is 0 Å². The predicted molar refractivity (Wildman–Crippen MR) is 55.8 cm³/mol. The topological polar surface area (TPSA) is 40.1 Å². The van der Waals surface area contributed by atoms with Crippen LogP contribution in [-0.2, 0) is 0 Å². The average molecular weight is 236 g/mol. The Balaban J connectivity index is 0.00000128. The number of hydrogen-bond donors (Lipinski definition) is 0. The summed E-state index contributed by atoms with van der Waals surface area (Å²) >= 11 is 0. The van der Waals surface area contributed by atoms with Gasteiger partial charge in [0.1, 0.15) is 0 Å². The first-order valence-electron chi connectivity index (χ1n) is 4.64. The maximum Gasteiger partial charge on any atom is 1.00 e. The van der Waals surface area contributed by atoms with Crippen molar-refractivity contribution in [3.8, 4) is 5.75 Å². The van der Waals surface area contributed by atoms with E-state index in [1.54, 1.807) is 24.3 Å². The third-order valence-electron chi connectivity index (χ3n) is 2.15. The molecule has 0 N–H and O–H groups in total. The molecule has 3 heteroatoms. The molecule has 2 aromatic carbocycles. The molecular weight excluding hydrogens is 227 g/mol. The zero-order chi connectivity index (χ0) is 10.7. The van der Waals surface area contributed by atoms with Gasteiger partial charge in [0.2, 0.25) is 0 Å². The van der Waals surface area contributed by atoms with E-state index in [4.69, 9.17) is 0 Å². The SMILES string of the molecule is O=C(c1ccccc1)c1ccc([O-])cc1.[K+]. The minimum atomic E-state index is -0.0837. The van der Waals surface area contributed by atoms with Gasteiger partial charge in [-0.25, -0.2) is 0 Å². The van der Waals surface area contributed by atoms with Crippen LogP contribution in [0, 0.1) is 0 Å². The molecule has 2 rings (SSSR count). The first-order chi connectivity index (χ1) is 7.27. The standard InChI is InChI=1S/C13H10O2.K/c14-12-8-6-11(7-9-12)13(15)10-4-2-1-3-5-10;/h1-9,14H;/q;+1/p-1. The molecule has 0 saturated heterocycles. The quantitative estimate of drug-likeness (QED) is 0.495. The van der Waals surface area contributed by atoms with E-state index in [1.807, 2.05) is 18.2 Å². The van der Waals surface area contributed by atoms with Crippen LogP contribution < -0.4 is 56.5 Å². The first-order valence-corrected chi connectivity index (χ1v) is 4.64. The van der Waals surface area contributed by atoms with Crippen LogP contribution in [0.25, 0.3) is 0 Å². The summed E-state index contributed by atoms with van der Waals surface area (Å²) in [4.78, 5) is 11.9. The van der Waals surface area contributed by atoms with Crippen molar-refractivity contribution in [3.05, 3.63) is 65.7 Å². The van der Waals surface area contributed by atoms with Gasteiger partial charge in [-0.15, -0.1) is 5.75 Å². The average Bonchev–Trinajstić information content (AvgIpc) is 2.30. The number of rotatable bonds is 2. The number of carbonyl (C=O) groups is 1. The molecule has 0 aromatic heterocycles. The van der Waals surface area contributed by atoms with E-state index in [0.29, 0.717) is 11.1 Å². The maximum atomic E-state index is 11.9. The molecule has 0 spiro atoms. The van der Waals surface area contributed by atoms with Crippen molar-refractivity contribution in [1.82, 2.24) is 0 Å². The Kier molecular flexibility index (Phi) is 5.38. The normalized spacial score (nSPS) is 9.25. The van der Waals surface area contributed by atoms with Crippen LogP contribution in [0.1, 0.15) is 15.9 Å². The smallest absolute Gasteiger partial charge is 0.872 e. The minimum Gasteiger partial charge on any atom is -0.872 e. The fourth-order valence-corrected chi connectivity index (χ4v) is 1.36. The second kappa shape index (κ2) is 6.32. The summed E-state index contributed by atoms with van der Waals surface area (Å²) in [6.07, 6.45) is 0. The van der Waals surface area contributed by atoms with Gasteiger partial charge in [0.15, 0.2) is 5.78 Å².